The van der Waals surface area contributed by atoms with Crippen molar-refractivity contribution in [1.82, 2.24) is 0 Å². The lowest BCUT2D eigenvalue weighted by atomic mass is 9.84. The maximum absolute atomic E-state index is 11.2. The number of carbonyl (C=O) groups is 1. The molecule has 3 nitrogen and oxygen atoms in total. The van der Waals surface area contributed by atoms with Crippen molar-refractivity contribution < 1.29 is 14.3 Å². The van der Waals surface area contributed by atoms with E-state index >= 15 is 0 Å². The van der Waals surface area contributed by atoms with Gasteiger partial charge >= 0.3 is 0 Å². The Morgan fingerprint density at radius 3 is 2.43 bits per heavy atom. The average Bonchev–Trinajstić information content (AvgIpc) is 2.53. The van der Waals surface area contributed by atoms with Gasteiger partial charge in [-0.3, -0.25) is 4.79 Å². The minimum absolute atomic E-state index is 0.365. The van der Waals surface area contributed by atoms with E-state index in [-0.39, 0.29) is 0 Å². The fourth-order valence-corrected chi connectivity index (χ4v) is 2.65. The lowest BCUT2D eigenvalue weighted by Crippen LogP contribution is -2.46. The van der Waals surface area contributed by atoms with Crippen molar-refractivity contribution in [2.75, 3.05) is 13.2 Å². The quantitative estimate of drug-likeness (QED) is 0.519. The molecule has 1 atom stereocenters. The van der Waals surface area contributed by atoms with Crippen LogP contribution in [0.15, 0.2) is 0 Å². The molecule has 1 unspecified atom stereocenters. The summed E-state index contributed by atoms with van der Waals surface area (Å²) in [6, 6.07) is 0. The number of halogens is 2. The fraction of sp³-hybridized carbons (Fsp3) is 0.889. The lowest BCUT2D eigenvalue weighted by Gasteiger charge is -2.39. The third kappa shape index (κ3) is 1.78. The van der Waals surface area contributed by atoms with E-state index in [1.807, 2.05) is 0 Å². The molecule has 2 fully saturated rings. The topological polar surface area (TPSA) is 35.5 Å². The predicted octanol–water partition coefficient (Wildman–Crippen LogP) is 2.05. The molecule has 0 N–H and O–H groups in total. The molecular weight excluding hydrogens is 227 g/mol. The van der Waals surface area contributed by atoms with E-state index in [0.29, 0.717) is 26.1 Å². The summed E-state index contributed by atoms with van der Waals surface area (Å²) in [4.78, 5) is 10.2. The van der Waals surface area contributed by atoms with E-state index in [4.69, 9.17) is 32.7 Å². The van der Waals surface area contributed by atoms with Crippen molar-refractivity contribution in [2.45, 2.75) is 36.3 Å². The number of hydrogen-bond donors (Lipinski definition) is 0. The zero-order valence-corrected chi connectivity index (χ0v) is 9.24. The Morgan fingerprint density at radius 1 is 1.21 bits per heavy atom. The Bertz CT molecular complexity index is 250. The van der Waals surface area contributed by atoms with Crippen molar-refractivity contribution in [3.05, 3.63) is 0 Å². The van der Waals surface area contributed by atoms with E-state index in [9.17, 15) is 4.79 Å². The summed E-state index contributed by atoms with van der Waals surface area (Å²) in [5.74, 6) is -0.648. The molecule has 2 aliphatic rings. The van der Waals surface area contributed by atoms with E-state index < -0.39 is 15.9 Å². The van der Waals surface area contributed by atoms with Crippen LogP contribution in [0.4, 0.5) is 0 Å². The van der Waals surface area contributed by atoms with Gasteiger partial charge in [0.25, 0.3) is 0 Å². The molecule has 80 valence electrons. The average molecular weight is 239 g/mol. The SMILES string of the molecule is O=C(Cl)C1(Cl)CCCC2(C1)OCCO2. The zero-order valence-electron chi connectivity index (χ0n) is 7.72. The van der Waals surface area contributed by atoms with Gasteiger partial charge in [-0.05, 0) is 24.4 Å². The third-order valence-electron chi connectivity index (χ3n) is 2.85. The summed E-state index contributed by atoms with van der Waals surface area (Å²) < 4.78 is 11.0. The van der Waals surface area contributed by atoms with Crippen molar-refractivity contribution in [3.63, 3.8) is 0 Å². The van der Waals surface area contributed by atoms with Gasteiger partial charge < -0.3 is 9.47 Å². The zero-order chi connectivity index (χ0) is 10.2. The molecule has 0 aromatic heterocycles. The van der Waals surface area contributed by atoms with Crippen LogP contribution in [-0.4, -0.2) is 29.1 Å². The number of hydrogen-bond acceptors (Lipinski definition) is 3. The minimum atomic E-state index is -0.996. The molecule has 0 aromatic carbocycles. The number of alkyl halides is 1. The molecule has 1 saturated heterocycles. The smallest absolute Gasteiger partial charge is 0.242 e. The van der Waals surface area contributed by atoms with E-state index in [1.54, 1.807) is 0 Å². The summed E-state index contributed by atoms with van der Waals surface area (Å²) in [5.41, 5.74) is 0. The monoisotopic (exact) mass is 238 g/mol. The lowest BCUT2D eigenvalue weighted by molar-refractivity contribution is -0.183. The summed E-state index contributed by atoms with van der Waals surface area (Å²) in [5, 5.41) is -0.502. The molecule has 0 aromatic rings. The maximum atomic E-state index is 11.2. The summed E-state index contributed by atoms with van der Waals surface area (Å²) in [6.45, 7) is 1.15. The second-order valence-electron chi connectivity index (χ2n) is 3.88. The van der Waals surface area contributed by atoms with Crippen molar-refractivity contribution in [2.24, 2.45) is 0 Å². The normalized spacial score (nSPS) is 36.1. The Hall–Kier alpha value is 0.170. The molecule has 1 saturated carbocycles. The Morgan fingerprint density at radius 2 is 1.86 bits per heavy atom. The van der Waals surface area contributed by atoms with Crippen molar-refractivity contribution in [3.8, 4) is 0 Å². The van der Waals surface area contributed by atoms with Gasteiger partial charge in [0.15, 0.2) is 5.79 Å². The van der Waals surface area contributed by atoms with Crippen LogP contribution >= 0.6 is 23.2 Å². The van der Waals surface area contributed by atoms with E-state index in [0.717, 1.165) is 12.8 Å². The van der Waals surface area contributed by atoms with Crippen molar-refractivity contribution in [1.29, 1.82) is 0 Å². The van der Waals surface area contributed by atoms with Gasteiger partial charge in [-0.1, -0.05) is 0 Å². The van der Waals surface area contributed by atoms with Crippen LogP contribution in [0.2, 0.25) is 0 Å². The second-order valence-corrected chi connectivity index (χ2v) is 4.94. The molecule has 1 heterocycles. The van der Waals surface area contributed by atoms with Gasteiger partial charge in [-0.2, -0.15) is 0 Å². The second kappa shape index (κ2) is 3.63. The first-order valence-electron chi connectivity index (χ1n) is 4.73. The maximum Gasteiger partial charge on any atom is 0.242 e. The first kappa shape index (κ1) is 10.7. The number of carbonyl (C=O) groups excluding carboxylic acids is 1. The number of rotatable bonds is 1. The van der Waals surface area contributed by atoms with Gasteiger partial charge in [0, 0.05) is 12.8 Å². The summed E-state index contributed by atoms with van der Waals surface area (Å²) in [6.07, 6.45) is 2.57. The van der Waals surface area contributed by atoms with Crippen LogP contribution in [-0.2, 0) is 14.3 Å². The standard InChI is InChI=1S/C9H12Cl2O3/c10-7(12)8(11)2-1-3-9(6-8)13-4-5-14-9/h1-6H2. The first-order valence-corrected chi connectivity index (χ1v) is 5.49. The minimum Gasteiger partial charge on any atom is -0.347 e. The molecular formula is C9H12Cl2O3. The first-order chi connectivity index (χ1) is 6.56. The van der Waals surface area contributed by atoms with Gasteiger partial charge in [-0.15, -0.1) is 11.6 Å². The predicted molar refractivity (Wildman–Crippen MR) is 52.5 cm³/mol. The molecule has 0 amide bonds. The Kier molecular flexibility index (Phi) is 2.77. The van der Waals surface area contributed by atoms with Crippen LogP contribution in [0, 0.1) is 0 Å². The highest BCUT2D eigenvalue weighted by Gasteiger charge is 2.50. The van der Waals surface area contributed by atoms with Gasteiger partial charge in [-0.25, -0.2) is 0 Å². The van der Waals surface area contributed by atoms with Gasteiger partial charge in [0.1, 0.15) is 4.87 Å². The Balaban J connectivity index is 2.14. The molecule has 5 heteroatoms. The molecule has 1 aliphatic carbocycles. The van der Waals surface area contributed by atoms with Crippen LogP contribution in [0.25, 0.3) is 0 Å². The van der Waals surface area contributed by atoms with E-state index in [2.05, 4.69) is 0 Å². The molecule has 1 spiro atoms. The number of ether oxygens (including phenoxy) is 2. The van der Waals surface area contributed by atoms with Crippen LogP contribution in [0.3, 0.4) is 0 Å². The van der Waals surface area contributed by atoms with Crippen LogP contribution in [0.5, 0.6) is 0 Å². The molecule has 0 bridgehead atoms. The molecule has 14 heavy (non-hydrogen) atoms. The van der Waals surface area contributed by atoms with Gasteiger partial charge in [0.05, 0.1) is 13.2 Å². The third-order valence-corrected chi connectivity index (χ3v) is 3.80. The van der Waals surface area contributed by atoms with Crippen LogP contribution in [0.1, 0.15) is 25.7 Å². The highest BCUT2D eigenvalue weighted by Crippen LogP contribution is 2.45. The summed E-state index contributed by atoms with van der Waals surface area (Å²) in [7, 11) is 0. The van der Waals surface area contributed by atoms with Crippen LogP contribution < -0.4 is 0 Å². The molecule has 2 rings (SSSR count). The summed E-state index contributed by atoms with van der Waals surface area (Å²) >= 11 is 11.6. The van der Waals surface area contributed by atoms with Crippen molar-refractivity contribution >= 4 is 28.4 Å². The Labute approximate surface area is 92.6 Å². The van der Waals surface area contributed by atoms with E-state index in [1.165, 1.54) is 0 Å². The van der Waals surface area contributed by atoms with Gasteiger partial charge in [0.2, 0.25) is 5.24 Å². The molecule has 1 aliphatic heterocycles. The molecule has 0 radical (unpaired) electrons. The highest BCUT2D eigenvalue weighted by molar-refractivity contribution is 6.70. The largest absolute Gasteiger partial charge is 0.347 e. The fourth-order valence-electron chi connectivity index (χ4n) is 2.15. The highest BCUT2D eigenvalue weighted by atomic mass is 35.5.